The molecule has 0 unspecified atom stereocenters. The zero-order chi connectivity index (χ0) is 10.9. The Morgan fingerprint density at radius 1 is 1.25 bits per heavy atom. The molecular weight excluding hydrogens is 247 g/mol. The first kappa shape index (κ1) is 13.6. The first-order valence-electron chi connectivity index (χ1n) is 3.93. The van der Waals surface area contributed by atoms with Gasteiger partial charge in [-0.05, 0) is 12.1 Å². The monoisotopic (exact) mass is 254 g/mol. The van der Waals surface area contributed by atoms with Gasteiger partial charge in [0.1, 0.15) is 0 Å². The van der Waals surface area contributed by atoms with Gasteiger partial charge in [0.15, 0.2) is 21.8 Å². The molecule has 0 saturated carbocycles. The molecule has 0 radical (unpaired) electrons. The first-order valence-corrected chi connectivity index (χ1v) is 5.34. The second kappa shape index (κ2) is 5.21. The number of ether oxygens (including phenoxy) is 2. The standard InChI is InChI=1S/C7H8N2O5S.Na/c10-15(11,12)9-8-5-1-2-6-7(3-5)14-4-13-6;/h1-3,8-9H,4H2,(H,10,11,12);/q;+1/p-1. The summed E-state index contributed by atoms with van der Waals surface area (Å²) >= 11 is 0. The Bertz CT molecular complexity index is 478. The van der Waals surface area contributed by atoms with Gasteiger partial charge < -0.3 is 19.5 Å². The molecule has 1 aromatic carbocycles. The second-order valence-corrected chi connectivity index (χ2v) is 3.86. The Morgan fingerprint density at radius 2 is 1.94 bits per heavy atom. The van der Waals surface area contributed by atoms with Crippen LogP contribution in [0, 0.1) is 0 Å². The third-order valence-corrected chi connectivity index (χ3v) is 2.05. The normalized spacial score (nSPS) is 13.1. The van der Waals surface area contributed by atoms with Gasteiger partial charge in [-0.3, -0.25) is 0 Å². The summed E-state index contributed by atoms with van der Waals surface area (Å²) in [4.78, 5) is 1.60. The number of rotatable bonds is 3. The quantitative estimate of drug-likeness (QED) is 0.335. The summed E-state index contributed by atoms with van der Waals surface area (Å²) in [5, 5.41) is 0. The molecule has 0 spiro atoms. The van der Waals surface area contributed by atoms with E-state index in [1.807, 2.05) is 0 Å². The number of benzene rings is 1. The van der Waals surface area contributed by atoms with Crippen LogP contribution in [0.4, 0.5) is 5.69 Å². The van der Waals surface area contributed by atoms with E-state index in [4.69, 9.17) is 9.47 Å². The van der Waals surface area contributed by atoms with Crippen molar-refractivity contribution >= 4 is 16.0 Å². The van der Waals surface area contributed by atoms with Crippen LogP contribution in [0.25, 0.3) is 0 Å². The van der Waals surface area contributed by atoms with E-state index < -0.39 is 10.3 Å². The van der Waals surface area contributed by atoms with Gasteiger partial charge in [-0.1, -0.05) is 0 Å². The van der Waals surface area contributed by atoms with Crippen LogP contribution in [-0.4, -0.2) is 19.8 Å². The average molecular weight is 254 g/mol. The van der Waals surface area contributed by atoms with Crippen molar-refractivity contribution in [2.24, 2.45) is 0 Å². The van der Waals surface area contributed by atoms with Crippen LogP contribution in [0.1, 0.15) is 0 Å². The van der Waals surface area contributed by atoms with Crippen LogP contribution in [-0.2, 0) is 10.3 Å². The van der Waals surface area contributed by atoms with E-state index in [-0.39, 0.29) is 36.4 Å². The number of hydrogen-bond donors (Lipinski definition) is 2. The Labute approximate surface area is 114 Å². The zero-order valence-electron chi connectivity index (χ0n) is 8.39. The minimum atomic E-state index is -4.52. The Kier molecular flexibility index (Phi) is 4.42. The van der Waals surface area contributed by atoms with Crippen molar-refractivity contribution in [3.05, 3.63) is 18.2 Å². The van der Waals surface area contributed by atoms with Crippen molar-refractivity contribution in [2.75, 3.05) is 12.2 Å². The molecule has 9 heteroatoms. The van der Waals surface area contributed by atoms with Gasteiger partial charge >= 0.3 is 29.6 Å². The molecule has 16 heavy (non-hydrogen) atoms. The van der Waals surface area contributed by atoms with Crippen molar-refractivity contribution in [1.29, 1.82) is 0 Å². The van der Waals surface area contributed by atoms with Gasteiger partial charge in [-0.2, -0.15) is 0 Å². The molecule has 7 nitrogen and oxygen atoms in total. The van der Waals surface area contributed by atoms with E-state index >= 15 is 0 Å². The van der Waals surface area contributed by atoms with Crippen LogP contribution >= 0.6 is 0 Å². The molecule has 0 aliphatic carbocycles. The number of anilines is 1. The van der Waals surface area contributed by atoms with Crippen molar-refractivity contribution < 1.29 is 52.0 Å². The molecule has 0 amide bonds. The number of nitrogens with one attached hydrogen (secondary N) is 2. The average Bonchev–Trinajstić information content (AvgIpc) is 2.60. The van der Waals surface area contributed by atoms with E-state index in [1.54, 1.807) is 17.0 Å². The maximum Gasteiger partial charge on any atom is 1.00 e. The van der Waals surface area contributed by atoms with Gasteiger partial charge in [0.05, 0.1) is 5.69 Å². The summed E-state index contributed by atoms with van der Waals surface area (Å²) in [6, 6.07) is 4.66. The maximum atomic E-state index is 10.3. The SMILES string of the molecule is O=S(=O)([O-])NNc1ccc2c(c1)OCO2.[Na+]. The minimum Gasteiger partial charge on any atom is -0.734 e. The van der Waals surface area contributed by atoms with Gasteiger partial charge in [-0.25, -0.2) is 8.42 Å². The molecule has 0 fully saturated rings. The molecule has 0 atom stereocenters. The van der Waals surface area contributed by atoms with Crippen LogP contribution in [0.2, 0.25) is 0 Å². The predicted molar refractivity (Wildman–Crippen MR) is 49.0 cm³/mol. The van der Waals surface area contributed by atoms with Gasteiger partial charge in [0.2, 0.25) is 6.79 Å². The summed E-state index contributed by atoms with van der Waals surface area (Å²) in [5.41, 5.74) is 2.62. The van der Waals surface area contributed by atoms with E-state index in [1.165, 1.54) is 6.07 Å². The molecule has 2 N–H and O–H groups in total. The van der Waals surface area contributed by atoms with Gasteiger partial charge in [0.25, 0.3) is 0 Å². The number of hydrazine groups is 1. The van der Waals surface area contributed by atoms with E-state index in [2.05, 4.69) is 5.43 Å². The minimum absolute atomic E-state index is 0. The summed E-state index contributed by atoms with van der Waals surface area (Å²) in [7, 11) is -4.52. The molecule has 2 rings (SSSR count). The van der Waals surface area contributed by atoms with Crippen LogP contribution in [0.5, 0.6) is 11.5 Å². The molecule has 1 aliphatic rings. The van der Waals surface area contributed by atoms with E-state index in [0.29, 0.717) is 17.2 Å². The third-order valence-electron chi connectivity index (χ3n) is 1.69. The molecule has 1 aromatic rings. The van der Waals surface area contributed by atoms with Crippen LogP contribution < -0.4 is 49.3 Å². The number of hydrogen-bond acceptors (Lipinski definition) is 6. The fraction of sp³-hybridized carbons (Fsp3) is 0.143. The molecule has 82 valence electrons. The second-order valence-electron chi connectivity index (χ2n) is 2.75. The van der Waals surface area contributed by atoms with Gasteiger partial charge in [-0.15, -0.1) is 4.83 Å². The fourth-order valence-electron chi connectivity index (χ4n) is 1.10. The third kappa shape index (κ3) is 3.51. The summed E-state index contributed by atoms with van der Waals surface area (Å²) in [5.74, 6) is 1.07. The van der Waals surface area contributed by atoms with Crippen LogP contribution in [0.3, 0.4) is 0 Å². The summed E-state index contributed by atoms with van der Waals surface area (Å²) in [6.45, 7) is 0.131. The van der Waals surface area contributed by atoms with E-state index in [0.717, 1.165) is 0 Å². The molecule has 0 aromatic heterocycles. The molecule has 1 heterocycles. The molecule has 0 bridgehead atoms. The smallest absolute Gasteiger partial charge is 0.734 e. The van der Waals surface area contributed by atoms with Crippen molar-refractivity contribution in [2.45, 2.75) is 0 Å². The predicted octanol–water partition coefficient (Wildman–Crippen LogP) is -3.20. The molecular formula is C7H7N2NaO5S. The van der Waals surface area contributed by atoms with Crippen molar-refractivity contribution in [1.82, 2.24) is 4.83 Å². The Hall–Kier alpha value is -0.510. The van der Waals surface area contributed by atoms with Crippen molar-refractivity contribution in [3.8, 4) is 11.5 Å². The first-order chi connectivity index (χ1) is 7.04. The van der Waals surface area contributed by atoms with Crippen LogP contribution in [0.15, 0.2) is 18.2 Å². The number of fused-ring (bicyclic) bond motifs is 1. The maximum absolute atomic E-state index is 10.3. The molecule has 0 saturated heterocycles. The zero-order valence-corrected chi connectivity index (χ0v) is 11.2. The Morgan fingerprint density at radius 3 is 2.62 bits per heavy atom. The topological polar surface area (TPSA) is 99.7 Å². The summed E-state index contributed by atoms with van der Waals surface area (Å²) in [6.07, 6.45) is 0. The molecule has 1 aliphatic heterocycles. The van der Waals surface area contributed by atoms with E-state index in [9.17, 15) is 13.0 Å². The van der Waals surface area contributed by atoms with Gasteiger partial charge in [0, 0.05) is 6.07 Å². The Balaban J connectivity index is 0.00000128. The summed E-state index contributed by atoms with van der Waals surface area (Å²) < 4.78 is 40.9. The largest absolute Gasteiger partial charge is 1.00 e. The fourth-order valence-corrected chi connectivity index (χ4v) is 1.34. The van der Waals surface area contributed by atoms with Crippen molar-refractivity contribution in [3.63, 3.8) is 0 Å².